The number of hydrogen-bond donors (Lipinski definition) is 0. The van der Waals surface area contributed by atoms with Gasteiger partial charge in [-0.2, -0.15) is 0 Å². The largest absolute Gasteiger partial charge is 0.454 e. The molecule has 0 radical (unpaired) electrons. The molecule has 1 aromatic heterocycles. The monoisotopic (exact) mass is 704 g/mol. The fourth-order valence-corrected chi connectivity index (χ4v) is 8.95. The highest BCUT2D eigenvalue weighted by Crippen LogP contribution is 2.51. The minimum Gasteiger partial charge on any atom is -0.454 e. The quantitative estimate of drug-likeness (QED) is 0.172. The zero-order valence-corrected chi connectivity index (χ0v) is 30.1. The third-order valence-electron chi connectivity index (χ3n) is 11.4. The molecule has 9 aromatic rings. The van der Waals surface area contributed by atoms with Crippen molar-refractivity contribution >= 4 is 61.1 Å². The summed E-state index contributed by atoms with van der Waals surface area (Å²) in [4.78, 5) is 4.90. The standard InChI is InChI=1S/C52H36N2O/c1-2-15-35(16-3-1)38-33-34-49(41-19-5-4-18-40(38)41)53(50-27-14-23-45-44-22-9-13-28-51(44)55-52(45)50)37-31-29-36(30-32-37)39-17-6-10-24-46(39)54-47-25-11-7-20-42(47)43-21-8-12-26-48(43)54/h1-34,42,47H. The van der Waals surface area contributed by atoms with Gasteiger partial charge in [0.25, 0.3) is 0 Å². The van der Waals surface area contributed by atoms with E-state index in [-0.39, 0.29) is 6.04 Å². The Hall–Kier alpha value is -7.10. The summed E-state index contributed by atoms with van der Waals surface area (Å²) in [5.41, 5.74) is 13.5. The van der Waals surface area contributed by atoms with Crippen LogP contribution in [-0.2, 0) is 0 Å². The predicted octanol–water partition coefficient (Wildman–Crippen LogP) is 14.3. The van der Waals surface area contributed by atoms with Crippen LogP contribution >= 0.6 is 0 Å². The van der Waals surface area contributed by atoms with Gasteiger partial charge in [0.15, 0.2) is 5.58 Å². The van der Waals surface area contributed by atoms with Gasteiger partial charge in [-0.3, -0.25) is 0 Å². The minimum absolute atomic E-state index is 0.231. The zero-order valence-electron chi connectivity index (χ0n) is 30.1. The van der Waals surface area contributed by atoms with Crippen molar-refractivity contribution in [1.82, 2.24) is 0 Å². The summed E-state index contributed by atoms with van der Waals surface area (Å²) in [5.74, 6) is 0.328. The average Bonchev–Trinajstić information content (AvgIpc) is 3.81. The van der Waals surface area contributed by atoms with E-state index in [9.17, 15) is 0 Å². The molecule has 11 rings (SSSR count). The first-order valence-corrected chi connectivity index (χ1v) is 19.0. The molecule has 260 valence electrons. The van der Waals surface area contributed by atoms with Gasteiger partial charge in [-0.25, -0.2) is 0 Å². The van der Waals surface area contributed by atoms with Crippen LogP contribution in [0.2, 0.25) is 0 Å². The summed E-state index contributed by atoms with van der Waals surface area (Å²) in [6, 6.07) is 65.7. The van der Waals surface area contributed by atoms with E-state index in [0.29, 0.717) is 5.92 Å². The summed E-state index contributed by atoms with van der Waals surface area (Å²) < 4.78 is 6.69. The molecule has 2 atom stereocenters. The van der Waals surface area contributed by atoms with E-state index < -0.39 is 0 Å². The molecule has 3 nitrogen and oxygen atoms in total. The zero-order chi connectivity index (χ0) is 36.3. The fraction of sp³-hybridized carbons (Fsp3) is 0.0385. The number of hydrogen-bond acceptors (Lipinski definition) is 3. The minimum atomic E-state index is 0.231. The van der Waals surface area contributed by atoms with E-state index in [2.05, 4.69) is 210 Å². The SMILES string of the molecule is C1=CC2c3ccccc3N(c3ccccc3-c3ccc(N(c4ccc(-c5ccccc5)c5ccccc45)c4cccc5c4oc4ccccc45)cc3)C2C=C1. The van der Waals surface area contributed by atoms with E-state index in [0.717, 1.165) is 39.0 Å². The molecule has 0 saturated heterocycles. The van der Waals surface area contributed by atoms with Crippen LogP contribution in [0.4, 0.5) is 28.4 Å². The van der Waals surface area contributed by atoms with Crippen molar-refractivity contribution in [2.24, 2.45) is 0 Å². The molecule has 1 aliphatic heterocycles. The Balaban J connectivity index is 1.08. The van der Waals surface area contributed by atoms with Crippen LogP contribution in [0.5, 0.6) is 0 Å². The lowest BCUT2D eigenvalue weighted by molar-refractivity contribution is 0.669. The summed E-state index contributed by atoms with van der Waals surface area (Å²) in [6.45, 7) is 0. The molecule has 2 unspecified atom stereocenters. The Labute approximate surface area is 320 Å². The number of nitrogens with zero attached hydrogens (tertiary/aromatic N) is 2. The molecule has 0 spiro atoms. The third-order valence-corrected chi connectivity index (χ3v) is 11.4. The van der Waals surface area contributed by atoms with Crippen molar-refractivity contribution in [3.8, 4) is 22.3 Å². The lowest BCUT2D eigenvalue weighted by atomic mass is 9.91. The van der Waals surface area contributed by atoms with E-state index in [1.54, 1.807) is 0 Å². The van der Waals surface area contributed by atoms with Crippen LogP contribution in [0.1, 0.15) is 11.5 Å². The van der Waals surface area contributed by atoms with Crippen molar-refractivity contribution in [1.29, 1.82) is 0 Å². The summed E-state index contributed by atoms with van der Waals surface area (Å²) in [7, 11) is 0. The van der Waals surface area contributed by atoms with Crippen LogP contribution in [0.15, 0.2) is 211 Å². The maximum atomic E-state index is 6.69. The molecule has 55 heavy (non-hydrogen) atoms. The first kappa shape index (κ1) is 31.4. The van der Waals surface area contributed by atoms with Gasteiger partial charge in [0.2, 0.25) is 0 Å². The number of rotatable bonds is 6. The Bertz CT molecular complexity index is 2950. The lowest BCUT2D eigenvalue weighted by Crippen LogP contribution is -2.28. The van der Waals surface area contributed by atoms with E-state index in [1.807, 2.05) is 6.07 Å². The molecule has 2 aliphatic rings. The summed E-state index contributed by atoms with van der Waals surface area (Å²) in [5, 5.41) is 4.59. The molecule has 0 bridgehead atoms. The van der Waals surface area contributed by atoms with E-state index >= 15 is 0 Å². The molecule has 3 heteroatoms. The number of benzene rings is 8. The lowest BCUT2D eigenvalue weighted by Gasteiger charge is -2.31. The molecule has 2 heterocycles. The topological polar surface area (TPSA) is 19.6 Å². The Kier molecular flexibility index (Phi) is 7.31. The van der Waals surface area contributed by atoms with Crippen LogP contribution in [0.25, 0.3) is 55.0 Å². The summed E-state index contributed by atoms with van der Waals surface area (Å²) >= 11 is 0. The normalized spacial score (nSPS) is 15.8. The number of fused-ring (bicyclic) bond motifs is 7. The number of allylic oxidation sites excluding steroid dienone is 2. The second kappa shape index (κ2) is 12.8. The molecular formula is C52H36N2O. The van der Waals surface area contributed by atoms with Crippen molar-refractivity contribution in [2.75, 3.05) is 9.80 Å². The highest BCUT2D eigenvalue weighted by atomic mass is 16.3. The second-order valence-electron chi connectivity index (χ2n) is 14.4. The van der Waals surface area contributed by atoms with Crippen molar-refractivity contribution in [3.63, 3.8) is 0 Å². The smallest absolute Gasteiger partial charge is 0.159 e. The maximum Gasteiger partial charge on any atom is 0.159 e. The van der Waals surface area contributed by atoms with Gasteiger partial charge in [0.05, 0.1) is 17.4 Å². The highest BCUT2D eigenvalue weighted by Gasteiger charge is 2.37. The van der Waals surface area contributed by atoms with Gasteiger partial charge in [-0.15, -0.1) is 0 Å². The first-order chi connectivity index (χ1) is 27.3. The van der Waals surface area contributed by atoms with Crippen LogP contribution in [0.3, 0.4) is 0 Å². The first-order valence-electron chi connectivity index (χ1n) is 19.0. The van der Waals surface area contributed by atoms with Crippen molar-refractivity contribution in [3.05, 3.63) is 212 Å². The maximum absolute atomic E-state index is 6.69. The van der Waals surface area contributed by atoms with Gasteiger partial charge in [0, 0.05) is 44.7 Å². The van der Waals surface area contributed by atoms with Gasteiger partial charge in [0.1, 0.15) is 5.58 Å². The van der Waals surface area contributed by atoms with Crippen molar-refractivity contribution < 1.29 is 4.42 Å². The number of furan rings is 1. The van der Waals surface area contributed by atoms with Gasteiger partial charge < -0.3 is 14.2 Å². The van der Waals surface area contributed by atoms with Crippen molar-refractivity contribution in [2.45, 2.75) is 12.0 Å². The van der Waals surface area contributed by atoms with E-state index in [1.165, 1.54) is 50.0 Å². The van der Waals surface area contributed by atoms with Crippen LogP contribution in [-0.4, -0.2) is 6.04 Å². The molecule has 1 aliphatic carbocycles. The van der Waals surface area contributed by atoms with Gasteiger partial charge in [-0.05, 0) is 70.1 Å². The molecule has 0 amide bonds. The van der Waals surface area contributed by atoms with Gasteiger partial charge >= 0.3 is 0 Å². The van der Waals surface area contributed by atoms with Crippen LogP contribution in [0, 0.1) is 0 Å². The average molecular weight is 705 g/mol. The number of anilines is 5. The fourth-order valence-electron chi connectivity index (χ4n) is 8.95. The highest BCUT2D eigenvalue weighted by molar-refractivity contribution is 6.12. The molecule has 8 aromatic carbocycles. The molecule has 0 saturated carbocycles. The molecule has 0 N–H and O–H groups in total. The Morgan fingerprint density at radius 1 is 0.436 bits per heavy atom. The third kappa shape index (κ3) is 5.04. The molecular weight excluding hydrogens is 669 g/mol. The second-order valence-corrected chi connectivity index (χ2v) is 14.4. The number of para-hydroxylation sites is 4. The predicted molar refractivity (Wildman–Crippen MR) is 230 cm³/mol. The Morgan fingerprint density at radius 3 is 1.98 bits per heavy atom. The Morgan fingerprint density at radius 2 is 1.11 bits per heavy atom. The van der Waals surface area contributed by atoms with Gasteiger partial charge in [-0.1, -0.05) is 164 Å². The van der Waals surface area contributed by atoms with Crippen LogP contribution < -0.4 is 9.80 Å². The molecule has 0 fully saturated rings. The summed E-state index contributed by atoms with van der Waals surface area (Å²) in [6.07, 6.45) is 9.05. The van der Waals surface area contributed by atoms with E-state index in [4.69, 9.17) is 4.42 Å².